The number of piperidine rings is 1. The molecular formula is C26H36FN5O3. The molecule has 1 saturated heterocycles. The molecular weight excluding hydrogens is 449 g/mol. The van der Waals surface area contributed by atoms with E-state index >= 15 is 0 Å². The van der Waals surface area contributed by atoms with Crippen LogP contribution in [0.5, 0.6) is 0 Å². The summed E-state index contributed by atoms with van der Waals surface area (Å²) >= 11 is 0. The number of alkyl halides is 1. The van der Waals surface area contributed by atoms with E-state index in [2.05, 4.69) is 20.6 Å². The zero-order valence-corrected chi connectivity index (χ0v) is 20.6. The van der Waals surface area contributed by atoms with Crippen molar-refractivity contribution >= 4 is 29.3 Å². The van der Waals surface area contributed by atoms with Crippen LogP contribution >= 0.6 is 0 Å². The van der Waals surface area contributed by atoms with Gasteiger partial charge in [-0.2, -0.15) is 0 Å². The third-order valence-corrected chi connectivity index (χ3v) is 7.38. The number of aliphatic imine (C=N–C) groups is 2. The molecule has 4 aliphatic rings. The number of carbonyl (C=O) groups excluding carboxylic acids is 3. The van der Waals surface area contributed by atoms with Gasteiger partial charge in [0.2, 0.25) is 17.7 Å². The predicted octanol–water partition coefficient (Wildman–Crippen LogP) is 2.99. The van der Waals surface area contributed by atoms with Crippen molar-refractivity contribution in [3.05, 3.63) is 23.9 Å². The van der Waals surface area contributed by atoms with Gasteiger partial charge in [0.1, 0.15) is 11.8 Å². The topological polar surface area (TPSA) is 103 Å². The first-order valence-corrected chi connectivity index (χ1v) is 12.9. The molecule has 0 spiro atoms. The highest BCUT2D eigenvalue weighted by molar-refractivity contribution is 6.17. The smallest absolute Gasteiger partial charge is 0.243 e. The summed E-state index contributed by atoms with van der Waals surface area (Å²) in [4.78, 5) is 49.8. The summed E-state index contributed by atoms with van der Waals surface area (Å²) in [5.74, 6) is -0.580. The third-order valence-electron chi connectivity index (χ3n) is 7.38. The van der Waals surface area contributed by atoms with Gasteiger partial charge in [-0.3, -0.25) is 14.4 Å². The summed E-state index contributed by atoms with van der Waals surface area (Å²) in [6, 6.07) is -1.47. The first-order chi connectivity index (χ1) is 16.8. The Morgan fingerprint density at radius 1 is 1.09 bits per heavy atom. The number of rotatable bonds is 7. The second-order valence-electron chi connectivity index (χ2n) is 10.1. The second-order valence-corrected chi connectivity index (χ2v) is 10.1. The lowest BCUT2D eigenvalue weighted by Gasteiger charge is -2.34. The van der Waals surface area contributed by atoms with Crippen molar-refractivity contribution in [3.63, 3.8) is 0 Å². The number of amidine groups is 1. The van der Waals surface area contributed by atoms with Crippen LogP contribution in [0.1, 0.15) is 71.6 Å². The maximum atomic E-state index is 14.1. The van der Waals surface area contributed by atoms with Crippen molar-refractivity contribution in [3.8, 4) is 0 Å². The molecule has 2 aliphatic heterocycles. The number of nitrogens with one attached hydrogen (secondary N) is 2. The van der Waals surface area contributed by atoms with E-state index in [4.69, 9.17) is 0 Å². The lowest BCUT2D eigenvalue weighted by atomic mass is 9.88. The summed E-state index contributed by atoms with van der Waals surface area (Å²) in [7, 11) is 0. The van der Waals surface area contributed by atoms with Crippen molar-refractivity contribution in [1.29, 1.82) is 0 Å². The zero-order valence-electron chi connectivity index (χ0n) is 20.6. The Hall–Kier alpha value is -2.84. The SMILES string of the molecule is C[C@H](NC(=O)[C@H](CC(=O)N1CCCC[C@@H]1C)NC(=O)C1CCCCC1)C1=NC2=CC=CC(F)C2=N1. The van der Waals surface area contributed by atoms with Crippen LogP contribution in [0.4, 0.5) is 4.39 Å². The molecule has 1 saturated carbocycles. The van der Waals surface area contributed by atoms with Crippen molar-refractivity contribution in [2.75, 3.05) is 6.54 Å². The van der Waals surface area contributed by atoms with Crippen LogP contribution in [0.25, 0.3) is 0 Å². The molecule has 0 radical (unpaired) electrons. The number of allylic oxidation sites excluding steroid dienone is 4. The summed E-state index contributed by atoms with van der Waals surface area (Å²) in [5, 5.41) is 5.71. The molecule has 0 aromatic heterocycles. The van der Waals surface area contributed by atoms with Gasteiger partial charge in [-0.25, -0.2) is 14.4 Å². The summed E-state index contributed by atoms with van der Waals surface area (Å²) in [5.41, 5.74) is 0.688. The van der Waals surface area contributed by atoms with E-state index in [9.17, 15) is 18.8 Å². The van der Waals surface area contributed by atoms with Crippen LogP contribution in [0, 0.1) is 5.92 Å². The molecule has 9 heteroatoms. The molecule has 0 aromatic carbocycles. The average molecular weight is 486 g/mol. The Balaban J connectivity index is 1.44. The normalized spacial score (nSPS) is 26.1. The molecule has 2 fully saturated rings. The van der Waals surface area contributed by atoms with E-state index < -0.39 is 24.2 Å². The Labute approximate surface area is 206 Å². The monoisotopic (exact) mass is 485 g/mol. The van der Waals surface area contributed by atoms with Crippen LogP contribution in [-0.2, 0) is 14.4 Å². The molecule has 4 atom stereocenters. The van der Waals surface area contributed by atoms with E-state index in [0.717, 1.165) is 51.4 Å². The molecule has 0 aromatic rings. The predicted molar refractivity (Wildman–Crippen MR) is 133 cm³/mol. The lowest BCUT2D eigenvalue weighted by Crippen LogP contribution is -2.54. The molecule has 2 aliphatic carbocycles. The summed E-state index contributed by atoms with van der Waals surface area (Å²) < 4.78 is 14.1. The van der Waals surface area contributed by atoms with Gasteiger partial charge in [0, 0.05) is 18.5 Å². The first-order valence-electron chi connectivity index (χ1n) is 12.9. The standard InChI is InChI=1S/C26H36FN5O3/c1-16-9-6-7-14-32(16)22(33)15-21(30-25(34)18-10-4-3-5-11-18)26(35)28-17(2)24-29-20-13-8-12-19(27)23(20)31-24/h8,12-13,16-19,21H,3-7,9-11,14-15H2,1-2H3,(H,28,35)(H,30,34)/t16-,17-,19?,21-/m0/s1. The average Bonchev–Trinajstić information content (AvgIpc) is 3.30. The summed E-state index contributed by atoms with van der Waals surface area (Å²) in [6.45, 7) is 4.41. The number of carbonyl (C=O) groups is 3. The highest BCUT2D eigenvalue weighted by Gasteiger charge is 2.33. The van der Waals surface area contributed by atoms with Crippen molar-refractivity contribution in [1.82, 2.24) is 15.5 Å². The van der Waals surface area contributed by atoms with Gasteiger partial charge in [-0.05, 0) is 58.1 Å². The van der Waals surface area contributed by atoms with Crippen LogP contribution in [0.2, 0.25) is 0 Å². The van der Waals surface area contributed by atoms with Gasteiger partial charge in [-0.15, -0.1) is 0 Å². The quantitative estimate of drug-likeness (QED) is 0.579. The fourth-order valence-corrected chi connectivity index (χ4v) is 5.24. The van der Waals surface area contributed by atoms with Gasteiger partial charge >= 0.3 is 0 Å². The van der Waals surface area contributed by atoms with E-state index in [-0.39, 0.29) is 35.9 Å². The Morgan fingerprint density at radius 3 is 2.54 bits per heavy atom. The van der Waals surface area contributed by atoms with E-state index in [1.165, 1.54) is 6.08 Å². The molecule has 8 nitrogen and oxygen atoms in total. The first kappa shape index (κ1) is 25.3. The molecule has 2 N–H and O–H groups in total. The van der Waals surface area contributed by atoms with Gasteiger partial charge in [0.05, 0.1) is 18.2 Å². The van der Waals surface area contributed by atoms with Crippen LogP contribution in [0.15, 0.2) is 33.9 Å². The highest BCUT2D eigenvalue weighted by atomic mass is 19.1. The van der Waals surface area contributed by atoms with Gasteiger partial charge in [0.25, 0.3) is 0 Å². The number of halogens is 1. The number of hydrogen-bond donors (Lipinski definition) is 2. The fraction of sp³-hybridized carbons (Fsp3) is 0.654. The van der Waals surface area contributed by atoms with Crippen molar-refractivity contribution in [2.24, 2.45) is 15.9 Å². The minimum absolute atomic E-state index is 0.0933. The maximum absolute atomic E-state index is 14.1. The van der Waals surface area contributed by atoms with Crippen molar-refractivity contribution < 1.29 is 18.8 Å². The molecule has 2 heterocycles. The molecule has 190 valence electrons. The highest BCUT2D eigenvalue weighted by Crippen LogP contribution is 2.25. The van der Waals surface area contributed by atoms with Crippen LogP contribution < -0.4 is 10.6 Å². The third kappa shape index (κ3) is 6.05. The Bertz CT molecular complexity index is 966. The minimum atomic E-state index is -1.33. The van der Waals surface area contributed by atoms with Gasteiger partial charge in [0.15, 0.2) is 12.0 Å². The summed E-state index contributed by atoms with van der Waals surface area (Å²) in [6.07, 6.45) is 10.9. The molecule has 35 heavy (non-hydrogen) atoms. The van der Waals surface area contributed by atoms with Gasteiger partial charge < -0.3 is 15.5 Å². The van der Waals surface area contributed by atoms with Crippen molar-refractivity contribution in [2.45, 2.75) is 95.9 Å². The Kier molecular flexibility index (Phi) is 8.13. The Morgan fingerprint density at radius 2 is 1.83 bits per heavy atom. The molecule has 0 bridgehead atoms. The number of amides is 3. The minimum Gasteiger partial charge on any atom is -0.345 e. The van der Waals surface area contributed by atoms with E-state index in [1.807, 2.05) is 11.8 Å². The number of hydrogen-bond acceptors (Lipinski definition) is 5. The zero-order chi connectivity index (χ0) is 24.9. The maximum Gasteiger partial charge on any atom is 0.243 e. The fourth-order valence-electron chi connectivity index (χ4n) is 5.24. The lowest BCUT2D eigenvalue weighted by molar-refractivity contribution is -0.139. The molecule has 4 rings (SSSR count). The molecule has 3 amide bonds. The number of fused-ring (bicyclic) bond motifs is 1. The van der Waals surface area contributed by atoms with E-state index in [1.54, 1.807) is 19.1 Å². The van der Waals surface area contributed by atoms with E-state index in [0.29, 0.717) is 18.1 Å². The number of likely N-dealkylation sites (tertiary alicyclic amines) is 1. The molecule has 1 unspecified atom stereocenters. The van der Waals surface area contributed by atoms with Gasteiger partial charge in [-0.1, -0.05) is 25.3 Å². The largest absolute Gasteiger partial charge is 0.345 e. The van der Waals surface area contributed by atoms with Crippen LogP contribution in [-0.4, -0.2) is 65.0 Å². The van der Waals surface area contributed by atoms with Crippen LogP contribution in [0.3, 0.4) is 0 Å². The second kappa shape index (κ2) is 11.3. The number of nitrogens with zero attached hydrogens (tertiary/aromatic N) is 3.